The number of carbonyl (C=O) groups is 3. The molecule has 4 amide bonds. The molecule has 2 heterocycles. The summed E-state index contributed by atoms with van der Waals surface area (Å²) in [5, 5.41) is 2.73. The fourth-order valence-electron chi connectivity index (χ4n) is 4.29. The first-order valence-corrected chi connectivity index (χ1v) is 10.6. The van der Waals surface area contributed by atoms with E-state index in [2.05, 4.69) is 5.32 Å². The standard InChI is InChI=1S/C24H27N3O6/c1-24(17-5-7-18(31-2)8-6-17)22(29)27(23(30)25-24)14-21(28)26-10-9-15-11-19(32-3)20(33-4)12-16(15)13-26/h5-8,11-12H,9-10,13-14H2,1-4H3,(H,25,30). The van der Waals surface area contributed by atoms with Crippen LogP contribution in [0.15, 0.2) is 36.4 Å². The van der Waals surface area contributed by atoms with Crippen LogP contribution in [0.2, 0.25) is 0 Å². The molecule has 1 unspecified atom stereocenters. The van der Waals surface area contributed by atoms with Crippen molar-refractivity contribution in [3.8, 4) is 17.2 Å². The van der Waals surface area contributed by atoms with Crippen LogP contribution in [0.3, 0.4) is 0 Å². The highest BCUT2D eigenvalue weighted by atomic mass is 16.5. The van der Waals surface area contributed by atoms with Crippen LogP contribution >= 0.6 is 0 Å². The maximum Gasteiger partial charge on any atom is 0.325 e. The Morgan fingerprint density at radius 3 is 2.24 bits per heavy atom. The monoisotopic (exact) mass is 453 g/mol. The predicted octanol–water partition coefficient (Wildman–Crippen LogP) is 2.06. The Hall–Kier alpha value is -3.75. The molecule has 1 N–H and O–H groups in total. The van der Waals surface area contributed by atoms with E-state index in [-0.39, 0.29) is 12.5 Å². The molecule has 1 atom stereocenters. The van der Waals surface area contributed by atoms with Crippen LogP contribution in [-0.4, -0.2) is 62.1 Å². The minimum atomic E-state index is -1.25. The molecule has 2 aliphatic rings. The number of fused-ring (bicyclic) bond motifs is 1. The van der Waals surface area contributed by atoms with Crippen LogP contribution in [0.1, 0.15) is 23.6 Å². The third-order valence-electron chi connectivity index (χ3n) is 6.31. The predicted molar refractivity (Wildman–Crippen MR) is 119 cm³/mol. The average Bonchev–Trinajstić information content (AvgIpc) is 3.06. The summed E-state index contributed by atoms with van der Waals surface area (Å²) in [5.41, 5.74) is 1.40. The highest BCUT2D eigenvalue weighted by Crippen LogP contribution is 2.34. The maximum absolute atomic E-state index is 13.2. The molecular formula is C24H27N3O6. The molecule has 0 aromatic heterocycles. The molecule has 4 rings (SSSR count). The fourth-order valence-corrected chi connectivity index (χ4v) is 4.29. The number of benzene rings is 2. The summed E-state index contributed by atoms with van der Waals surface area (Å²) in [6.45, 7) is 2.17. The van der Waals surface area contributed by atoms with Crippen molar-refractivity contribution in [2.45, 2.75) is 25.4 Å². The molecule has 0 bridgehead atoms. The van der Waals surface area contributed by atoms with Crippen LogP contribution in [-0.2, 0) is 28.1 Å². The minimum absolute atomic E-state index is 0.294. The number of imide groups is 1. The Kier molecular flexibility index (Phi) is 5.88. The van der Waals surface area contributed by atoms with E-state index in [1.165, 1.54) is 0 Å². The molecule has 1 saturated heterocycles. The number of methoxy groups -OCH3 is 3. The summed E-state index contributed by atoms with van der Waals surface area (Å²) in [6.07, 6.45) is 0.644. The van der Waals surface area contributed by atoms with Gasteiger partial charge in [0.05, 0.1) is 21.3 Å². The Morgan fingerprint density at radius 1 is 1.00 bits per heavy atom. The zero-order valence-corrected chi connectivity index (χ0v) is 19.1. The lowest BCUT2D eigenvalue weighted by atomic mass is 9.92. The highest BCUT2D eigenvalue weighted by Gasteiger charge is 2.49. The van der Waals surface area contributed by atoms with E-state index in [1.807, 2.05) is 12.1 Å². The van der Waals surface area contributed by atoms with Gasteiger partial charge in [-0.15, -0.1) is 0 Å². The molecule has 0 radical (unpaired) electrons. The van der Waals surface area contributed by atoms with Crippen LogP contribution in [0, 0.1) is 0 Å². The zero-order chi connectivity index (χ0) is 23.8. The molecule has 1 fully saturated rings. The summed E-state index contributed by atoms with van der Waals surface area (Å²) in [4.78, 5) is 41.5. The van der Waals surface area contributed by atoms with Gasteiger partial charge in [-0.2, -0.15) is 0 Å². The molecule has 2 aliphatic heterocycles. The first-order chi connectivity index (χ1) is 15.8. The molecule has 9 nitrogen and oxygen atoms in total. The summed E-state index contributed by atoms with van der Waals surface area (Å²) in [6, 6.07) is 10.1. The smallest absolute Gasteiger partial charge is 0.325 e. The highest BCUT2D eigenvalue weighted by molar-refractivity contribution is 6.09. The number of hydrogen-bond acceptors (Lipinski definition) is 6. The number of rotatable bonds is 6. The molecule has 0 spiro atoms. The Balaban J connectivity index is 1.48. The van der Waals surface area contributed by atoms with Gasteiger partial charge in [0.15, 0.2) is 11.5 Å². The number of carbonyl (C=O) groups excluding carboxylic acids is 3. The number of urea groups is 1. The van der Waals surface area contributed by atoms with Gasteiger partial charge in [0.1, 0.15) is 17.8 Å². The van der Waals surface area contributed by atoms with E-state index in [9.17, 15) is 14.4 Å². The first kappa shape index (κ1) is 22.4. The summed E-state index contributed by atoms with van der Waals surface area (Å²) >= 11 is 0. The zero-order valence-electron chi connectivity index (χ0n) is 19.1. The van der Waals surface area contributed by atoms with Crippen molar-refractivity contribution >= 4 is 17.8 Å². The van der Waals surface area contributed by atoms with Gasteiger partial charge in [-0.05, 0) is 54.3 Å². The van der Waals surface area contributed by atoms with E-state index < -0.39 is 17.5 Å². The van der Waals surface area contributed by atoms with Crippen molar-refractivity contribution in [3.05, 3.63) is 53.1 Å². The number of nitrogens with one attached hydrogen (secondary N) is 1. The molecule has 174 valence electrons. The third-order valence-corrected chi connectivity index (χ3v) is 6.31. The first-order valence-electron chi connectivity index (χ1n) is 10.6. The van der Waals surface area contributed by atoms with Gasteiger partial charge in [-0.3, -0.25) is 14.5 Å². The SMILES string of the molecule is COc1ccc(C2(C)NC(=O)N(CC(=O)N3CCc4cc(OC)c(OC)cc4C3)C2=O)cc1. The Labute approximate surface area is 192 Å². The lowest BCUT2D eigenvalue weighted by Gasteiger charge is -2.30. The summed E-state index contributed by atoms with van der Waals surface area (Å²) < 4.78 is 15.9. The molecule has 0 saturated carbocycles. The summed E-state index contributed by atoms with van der Waals surface area (Å²) in [5.74, 6) is 1.13. The van der Waals surface area contributed by atoms with Crippen LogP contribution in [0.25, 0.3) is 0 Å². The van der Waals surface area contributed by atoms with E-state index in [0.29, 0.717) is 42.3 Å². The third kappa shape index (κ3) is 3.94. The number of hydrogen-bond donors (Lipinski definition) is 1. The van der Waals surface area contributed by atoms with Gasteiger partial charge in [0, 0.05) is 13.1 Å². The number of nitrogens with zero attached hydrogens (tertiary/aromatic N) is 2. The number of ether oxygens (including phenoxy) is 3. The van der Waals surface area contributed by atoms with E-state index >= 15 is 0 Å². The van der Waals surface area contributed by atoms with Gasteiger partial charge in [0.2, 0.25) is 5.91 Å². The number of amides is 4. The quantitative estimate of drug-likeness (QED) is 0.673. The van der Waals surface area contributed by atoms with Gasteiger partial charge < -0.3 is 24.4 Å². The van der Waals surface area contributed by atoms with Crippen molar-refractivity contribution < 1.29 is 28.6 Å². The topological polar surface area (TPSA) is 97.4 Å². The van der Waals surface area contributed by atoms with Gasteiger partial charge in [-0.1, -0.05) is 12.1 Å². The lowest BCUT2D eigenvalue weighted by Crippen LogP contribution is -2.45. The van der Waals surface area contributed by atoms with E-state index in [4.69, 9.17) is 14.2 Å². The van der Waals surface area contributed by atoms with Crippen molar-refractivity contribution in [2.24, 2.45) is 0 Å². The van der Waals surface area contributed by atoms with E-state index in [0.717, 1.165) is 16.0 Å². The van der Waals surface area contributed by atoms with Gasteiger partial charge in [0.25, 0.3) is 5.91 Å². The maximum atomic E-state index is 13.2. The van der Waals surface area contributed by atoms with Crippen molar-refractivity contribution in [3.63, 3.8) is 0 Å². The molecular weight excluding hydrogens is 426 g/mol. The molecule has 2 aromatic carbocycles. The normalized spacial score (nSPS) is 19.8. The van der Waals surface area contributed by atoms with Gasteiger partial charge in [-0.25, -0.2) is 4.79 Å². The summed E-state index contributed by atoms with van der Waals surface area (Å²) in [7, 11) is 4.70. The second-order valence-electron chi connectivity index (χ2n) is 8.22. The largest absolute Gasteiger partial charge is 0.497 e. The second-order valence-corrected chi connectivity index (χ2v) is 8.22. The van der Waals surface area contributed by atoms with Crippen molar-refractivity contribution in [1.82, 2.24) is 15.1 Å². The minimum Gasteiger partial charge on any atom is -0.497 e. The second kappa shape index (κ2) is 8.65. The van der Waals surface area contributed by atoms with Crippen molar-refractivity contribution in [2.75, 3.05) is 34.4 Å². The van der Waals surface area contributed by atoms with Crippen LogP contribution in [0.5, 0.6) is 17.2 Å². The van der Waals surface area contributed by atoms with Gasteiger partial charge >= 0.3 is 6.03 Å². The molecule has 33 heavy (non-hydrogen) atoms. The van der Waals surface area contributed by atoms with E-state index in [1.54, 1.807) is 57.4 Å². The molecule has 2 aromatic rings. The Morgan fingerprint density at radius 2 is 1.64 bits per heavy atom. The van der Waals surface area contributed by atoms with Crippen molar-refractivity contribution in [1.29, 1.82) is 0 Å². The van der Waals surface area contributed by atoms with Crippen LogP contribution in [0.4, 0.5) is 4.79 Å². The fraction of sp³-hybridized carbons (Fsp3) is 0.375. The average molecular weight is 453 g/mol. The van der Waals surface area contributed by atoms with Crippen LogP contribution < -0.4 is 19.5 Å². The molecule has 0 aliphatic carbocycles. The Bertz CT molecular complexity index is 1100. The molecule has 9 heteroatoms. The lowest BCUT2D eigenvalue weighted by molar-refractivity contribution is -0.139.